The van der Waals surface area contributed by atoms with Gasteiger partial charge in [-0.3, -0.25) is 4.79 Å². The predicted octanol–water partition coefficient (Wildman–Crippen LogP) is 1.96. The molecule has 0 aliphatic carbocycles. The van der Waals surface area contributed by atoms with Crippen LogP contribution >= 0.6 is 0 Å². The third-order valence-electron chi connectivity index (χ3n) is 5.63. The molecule has 1 saturated heterocycles. The predicted molar refractivity (Wildman–Crippen MR) is 113 cm³/mol. The Hall–Kier alpha value is -3.73. The Morgan fingerprint density at radius 3 is 2.60 bits per heavy atom. The highest BCUT2D eigenvalue weighted by atomic mass is 16.5. The van der Waals surface area contributed by atoms with Gasteiger partial charge >= 0.3 is 0 Å². The number of nitriles is 1. The average Bonchev–Trinajstić information content (AvgIpc) is 2.78. The van der Waals surface area contributed by atoms with Gasteiger partial charge in [0.05, 0.1) is 7.11 Å². The number of ether oxygens (including phenoxy) is 1. The first-order valence-corrected chi connectivity index (χ1v) is 9.67. The molecular formula is C22H25N5O3. The second-order valence-corrected chi connectivity index (χ2v) is 7.24. The molecule has 4 N–H and O–H groups in total. The summed E-state index contributed by atoms with van der Waals surface area (Å²) in [6, 6.07) is 14.7. The van der Waals surface area contributed by atoms with Crippen LogP contribution in [0.1, 0.15) is 28.8 Å². The zero-order valence-corrected chi connectivity index (χ0v) is 16.8. The Morgan fingerprint density at radius 2 is 1.97 bits per heavy atom. The van der Waals surface area contributed by atoms with Crippen LogP contribution in [0, 0.1) is 11.5 Å². The van der Waals surface area contributed by atoms with E-state index in [1.807, 2.05) is 23.1 Å². The summed E-state index contributed by atoms with van der Waals surface area (Å²) in [5, 5.41) is 21.9. The van der Waals surface area contributed by atoms with Crippen LogP contribution in [-0.4, -0.2) is 48.6 Å². The largest absolute Gasteiger partial charge is 0.507 e. The first-order valence-electron chi connectivity index (χ1n) is 9.67. The van der Waals surface area contributed by atoms with E-state index in [0.717, 1.165) is 18.4 Å². The van der Waals surface area contributed by atoms with Crippen LogP contribution in [0.25, 0.3) is 0 Å². The molecule has 2 aromatic carbocycles. The Kier molecular flexibility index (Phi) is 6.42. The fourth-order valence-electron chi connectivity index (χ4n) is 3.90. The van der Waals surface area contributed by atoms with Crippen LogP contribution in [0.4, 0.5) is 0 Å². The normalized spacial score (nSPS) is 15.9. The van der Waals surface area contributed by atoms with E-state index in [2.05, 4.69) is 22.4 Å². The highest BCUT2D eigenvalue weighted by Gasteiger charge is 2.37. The molecule has 8 heteroatoms. The quantitative estimate of drug-likeness (QED) is 0.395. The summed E-state index contributed by atoms with van der Waals surface area (Å²) in [5.41, 5.74) is 6.80. The van der Waals surface area contributed by atoms with Crippen LogP contribution < -0.4 is 15.8 Å². The van der Waals surface area contributed by atoms with Crippen molar-refractivity contribution >= 4 is 11.9 Å². The van der Waals surface area contributed by atoms with Gasteiger partial charge in [-0.1, -0.05) is 36.4 Å². The lowest BCUT2D eigenvalue weighted by Gasteiger charge is -2.42. The van der Waals surface area contributed by atoms with Gasteiger partial charge < -0.3 is 25.8 Å². The third-order valence-corrected chi connectivity index (χ3v) is 5.63. The minimum Gasteiger partial charge on any atom is -0.507 e. The number of amides is 1. The minimum atomic E-state index is -0.395. The summed E-state index contributed by atoms with van der Waals surface area (Å²) in [6.07, 6.45) is 3.16. The number of nitrogens with zero attached hydrogens (tertiary/aromatic N) is 3. The van der Waals surface area contributed by atoms with Gasteiger partial charge in [0.2, 0.25) is 12.2 Å². The van der Waals surface area contributed by atoms with Crippen molar-refractivity contribution in [3.8, 4) is 17.7 Å². The maximum atomic E-state index is 12.9. The van der Waals surface area contributed by atoms with E-state index >= 15 is 0 Å². The van der Waals surface area contributed by atoms with Gasteiger partial charge in [0.15, 0.2) is 0 Å². The number of carbonyl (C=O) groups excluding carboxylic acids is 1. The topological polar surface area (TPSA) is 124 Å². The van der Waals surface area contributed by atoms with E-state index in [-0.39, 0.29) is 22.7 Å². The standard InChI is InChI=1S/C22H25N5O3/c1-30-18-9-5-8-17(28)19(18)20(29)25-14-22(16-6-3-2-4-7-16)10-12-27(13-11-22)21(24)26-15-23/h2-9,28H,10-14H2,1H3,(H2,24,26)(H,25,29). The Balaban J connectivity index is 1.81. The lowest BCUT2D eigenvalue weighted by Crippen LogP contribution is -2.51. The fraction of sp³-hybridized carbons (Fsp3) is 0.318. The first kappa shape index (κ1) is 21.0. The van der Waals surface area contributed by atoms with Gasteiger partial charge in [0.25, 0.3) is 5.91 Å². The Bertz CT molecular complexity index is 960. The highest BCUT2D eigenvalue weighted by molar-refractivity contribution is 5.99. The van der Waals surface area contributed by atoms with E-state index in [9.17, 15) is 9.90 Å². The maximum Gasteiger partial charge on any atom is 0.258 e. The number of guanidine groups is 1. The molecular weight excluding hydrogens is 382 g/mol. The summed E-state index contributed by atoms with van der Waals surface area (Å²) >= 11 is 0. The maximum absolute atomic E-state index is 12.9. The molecule has 3 rings (SSSR count). The molecule has 0 spiro atoms. The second kappa shape index (κ2) is 9.18. The lowest BCUT2D eigenvalue weighted by atomic mass is 9.72. The van der Waals surface area contributed by atoms with E-state index in [4.69, 9.17) is 15.7 Å². The molecule has 0 atom stereocenters. The molecule has 1 aliphatic rings. The van der Waals surface area contributed by atoms with Crippen molar-refractivity contribution in [3.63, 3.8) is 0 Å². The third kappa shape index (κ3) is 4.30. The number of rotatable bonds is 5. The molecule has 0 radical (unpaired) electrons. The average molecular weight is 407 g/mol. The zero-order valence-electron chi connectivity index (χ0n) is 16.8. The lowest BCUT2D eigenvalue weighted by molar-refractivity contribution is 0.0926. The van der Waals surface area contributed by atoms with E-state index < -0.39 is 5.91 Å². The number of hydrogen-bond acceptors (Lipinski definition) is 5. The molecule has 1 aliphatic heterocycles. The number of nitrogens with one attached hydrogen (secondary N) is 1. The van der Waals surface area contributed by atoms with E-state index in [1.54, 1.807) is 18.3 Å². The number of carbonyl (C=O) groups is 1. The van der Waals surface area contributed by atoms with Gasteiger partial charge in [0, 0.05) is 25.0 Å². The van der Waals surface area contributed by atoms with Crippen molar-refractivity contribution in [3.05, 3.63) is 59.7 Å². The van der Waals surface area contributed by atoms with E-state index in [0.29, 0.717) is 25.4 Å². The summed E-state index contributed by atoms with van der Waals surface area (Å²) in [4.78, 5) is 18.4. The first-order chi connectivity index (χ1) is 14.5. The second-order valence-electron chi connectivity index (χ2n) is 7.24. The number of methoxy groups -OCH3 is 1. The van der Waals surface area contributed by atoms with Crippen molar-refractivity contribution in [1.82, 2.24) is 10.2 Å². The van der Waals surface area contributed by atoms with Crippen LogP contribution in [0.15, 0.2) is 53.5 Å². The molecule has 8 nitrogen and oxygen atoms in total. The summed E-state index contributed by atoms with van der Waals surface area (Å²) in [5.74, 6) is 0.00266. The Morgan fingerprint density at radius 1 is 1.27 bits per heavy atom. The number of hydrogen-bond donors (Lipinski definition) is 3. The number of aromatic hydroxyl groups is 1. The summed E-state index contributed by atoms with van der Waals surface area (Å²) in [7, 11) is 1.46. The van der Waals surface area contributed by atoms with Crippen molar-refractivity contribution in [1.29, 1.82) is 5.26 Å². The smallest absolute Gasteiger partial charge is 0.258 e. The SMILES string of the molecule is COc1cccc(O)c1C(=O)NCC1(c2ccccc2)CCN(C(N)=NC#N)CC1. The van der Waals surface area contributed by atoms with Gasteiger partial charge in [-0.25, -0.2) is 0 Å². The molecule has 1 fully saturated rings. The molecule has 1 heterocycles. The number of phenolic OH excluding ortho intramolecular Hbond substituents is 1. The van der Waals surface area contributed by atoms with Crippen LogP contribution in [0.2, 0.25) is 0 Å². The minimum absolute atomic E-state index is 0.117. The fourth-order valence-corrected chi connectivity index (χ4v) is 3.90. The molecule has 30 heavy (non-hydrogen) atoms. The molecule has 2 aromatic rings. The van der Waals surface area contributed by atoms with Crippen molar-refractivity contribution in [2.24, 2.45) is 10.7 Å². The number of aliphatic imine (C=N–C) groups is 1. The summed E-state index contributed by atoms with van der Waals surface area (Å²) in [6.45, 7) is 1.61. The molecule has 0 bridgehead atoms. The van der Waals surface area contributed by atoms with Crippen LogP contribution in [-0.2, 0) is 5.41 Å². The molecule has 0 aromatic heterocycles. The van der Waals surface area contributed by atoms with Crippen molar-refractivity contribution in [2.45, 2.75) is 18.3 Å². The number of phenols is 1. The van der Waals surface area contributed by atoms with Gasteiger partial charge in [-0.15, -0.1) is 4.99 Å². The van der Waals surface area contributed by atoms with Gasteiger partial charge in [-0.2, -0.15) is 5.26 Å². The number of piperidine rings is 1. The number of benzene rings is 2. The molecule has 156 valence electrons. The zero-order chi connectivity index (χ0) is 21.6. The number of nitrogens with two attached hydrogens (primary N) is 1. The van der Waals surface area contributed by atoms with Crippen LogP contribution in [0.5, 0.6) is 11.5 Å². The van der Waals surface area contributed by atoms with Crippen molar-refractivity contribution < 1.29 is 14.6 Å². The molecule has 1 amide bonds. The molecule has 0 unspecified atom stereocenters. The monoisotopic (exact) mass is 407 g/mol. The number of likely N-dealkylation sites (tertiary alicyclic amines) is 1. The highest BCUT2D eigenvalue weighted by Crippen LogP contribution is 2.35. The van der Waals surface area contributed by atoms with Crippen molar-refractivity contribution in [2.75, 3.05) is 26.7 Å². The van der Waals surface area contributed by atoms with Gasteiger partial charge in [0.1, 0.15) is 17.1 Å². The van der Waals surface area contributed by atoms with E-state index in [1.165, 1.54) is 13.2 Å². The van der Waals surface area contributed by atoms with Gasteiger partial charge in [-0.05, 0) is 30.5 Å². The van der Waals surface area contributed by atoms with Crippen LogP contribution in [0.3, 0.4) is 0 Å². The summed E-state index contributed by atoms with van der Waals surface area (Å²) < 4.78 is 5.23. The molecule has 0 saturated carbocycles. The Labute approximate surface area is 175 Å².